The van der Waals surface area contributed by atoms with Crippen molar-refractivity contribution in [2.24, 2.45) is 5.92 Å². The van der Waals surface area contributed by atoms with E-state index in [1.165, 1.54) is 18.9 Å². The summed E-state index contributed by atoms with van der Waals surface area (Å²) in [7, 11) is 0. The maximum Gasteiger partial charge on any atom is 0.148 e. The molecule has 90 valence electrons. The zero-order valence-electron chi connectivity index (χ0n) is 10.1. The molecule has 1 aromatic carbocycles. The fourth-order valence-electron chi connectivity index (χ4n) is 1.58. The van der Waals surface area contributed by atoms with E-state index in [1.807, 2.05) is 0 Å². The highest BCUT2D eigenvalue weighted by Crippen LogP contribution is 2.17. The lowest BCUT2D eigenvalue weighted by Gasteiger charge is -2.08. The van der Waals surface area contributed by atoms with Gasteiger partial charge < -0.3 is 11.1 Å². The minimum atomic E-state index is -0.274. The maximum atomic E-state index is 13.3. The monoisotopic (exact) mass is 224 g/mol. The van der Waals surface area contributed by atoms with Crippen LogP contribution in [0.3, 0.4) is 0 Å². The second-order valence-electron chi connectivity index (χ2n) is 4.56. The first-order chi connectivity index (χ1) is 7.59. The van der Waals surface area contributed by atoms with Crippen LogP contribution in [0, 0.1) is 11.7 Å². The van der Waals surface area contributed by atoms with Crippen LogP contribution < -0.4 is 11.1 Å². The van der Waals surface area contributed by atoms with Gasteiger partial charge in [-0.05, 0) is 30.5 Å². The highest BCUT2D eigenvalue weighted by molar-refractivity contribution is 5.52. The molecule has 0 spiro atoms. The molecule has 3 N–H and O–H groups in total. The van der Waals surface area contributed by atoms with Crippen molar-refractivity contribution in [2.45, 2.75) is 33.1 Å². The average molecular weight is 224 g/mol. The van der Waals surface area contributed by atoms with Gasteiger partial charge in [0.15, 0.2) is 0 Å². The molecule has 0 aliphatic rings. The third-order valence-electron chi connectivity index (χ3n) is 2.52. The van der Waals surface area contributed by atoms with E-state index in [2.05, 4.69) is 19.2 Å². The van der Waals surface area contributed by atoms with Crippen molar-refractivity contribution in [3.05, 3.63) is 24.0 Å². The summed E-state index contributed by atoms with van der Waals surface area (Å²) in [5.41, 5.74) is 6.47. The minimum Gasteiger partial charge on any atom is -0.399 e. The van der Waals surface area contributed by atoms with Crippen LogP contribution in [0.4, 0.5) is 15.8 Å². The van der Waals surface area contributed by atoms with Crippen LogP contribution in [-0.2, 0) is 0 Å². The standard InChI is InChI=1S/C13H21FN2/c1-10(2)5-3-4-8-16-13-7-6-11(15)9-12(13)14/h6-7,9-10,16H,3-5,8,15H2,1-2H3. The van der Waals surface area contributed by atoms with Gasteiger partial charge >= 0.3 is 0 Å². The number of rotatable bonds is 6. The SMILES string of the molecule is CC(C)CCCCNc1ccc(N)cc1F. The first-order valence-corrected chi connectivity index (χ1v) is 5.88. The van der Waals surface area contributed by atoms with E-state index >= 15 is 0 Å². The number of anilines is 2. The van der Waals surface area contributed by atoms with E-state index < -0.39 is 0 Å². The van der Waals surface area contributed by atoms with Gasteiger partial charge in [0.1, 0.15) is 5.82 Å². The van der Waals surface area contributed by atoms with Crippen molar-refractivity contribution in [3.8, 4) is 0 Å². The quantitative estimate of drug-likeness (QED) is 0.572. The summed E-state index contributed by atoms with van der Waals surface area (Å²) < 4.78 is 13.3. The Balaban J connectivity index is 2.27. The lowest BCUT2D eigenvalue weighted by atomic mass is 10.1. The van der Waals surface area contributed by atoms with E-state index in [0.717, 1.165) is 18.9 Å². The normalized spacial score (nSPS) is 10.8. The molecule has 0 amide bonds. The van der Waals surface area contributed by atoms with Crippen LogP contribution >= 0.6 is 0 Å². The number of unbranched alkanes of at least 4 members (excludes halogenated alkanes) is 1. The highest BCUT2D eigenvalue weighted by Gasteiger charge is 2.01. The van der Waals surface area contributed by atoms with Crippen LogP contribution in [0.15, 0.2) is 18.2 Å². The van der Waals surface area contributed by atoms with Crippen LogP contribution in [-0.4, -0.2) is 6.54 Å². The highest BCUT2D eigenvalue weighted by atomic mass is 19.1. The van der Waals surface area contributed by atoms with Gasteiger partial charge in [-0.15, -0.1) is 0 Å². The van der Waals surface area contributed by atoms with E-state index in [1.54, 1.807) is 12.1 Å². The summed E-state index contributed by atoms with van der Waals surface area (Å²) in [5, 5.41) is 3.08. The molecule has 2 nitrogen and oxygen atoms in total. The summed E-state index contributed by atoms with van der Waals surface area (Å²) in [4.78, 5) is 0. The zero-order valence-corrected chi connectivity index (χ0v) is 10.1. The number of nitrogens with one attached hydrogen (secondary N) is 1. The Hall–Kier alpha value is -1.25. The van der Waals surface area contributed by atoms with Crippen LogP contribution in [0.5, 0.6) is 0 Å². The molecule has 0 aliphatic heterocycles. The molecule has 1 aromatic rings. The molecule has 0 heterocycles. The van der Waals surface area contributed by atoms with Gasteiger partial charge in [0.2, 0.25) is 0 Å². The van der Waals surface area contributed by atoms with Crippen LogP contribution in [0.25, 0.3) is 0 Å². The first kappa shape index (κ1) is 12.8. The summed E-state index contributed by atoms with van der Waals surface area (Å²) >= 11 is 0. The Morgan fingerprint density at radius 2 is 2.06 bits per heavy atom. The van der Waals surface area contributed by atoms with Crippen LogP contribution in [0.2, 0.25) is 0 Å². The lowest BCUT2D eigenvalue weighted by molar-refractivity contribution is 0.544. The van der Waals surface area contributed by atoms with Gasteiger partial charge in [-0.2, -0.15) is 0 Å². The summed E-state index contributed by atoms with van der Waals surface area (Å²) in [6, 6.07) is 4.74. The number of hydrogen-bond donors (Lipinski definition) is 2. The predicted octanol–water partition coefficient (Wildman–Crippen LogP) is 3.65. The molecule has 0 bridgehead atoms. The fraction of sp³-hybridized carbons (Fsp3) is 0.538. The summed E-state index contributed by atoms with van der Waals surface area (Å²) in [6.45, 7) is 5.24. The number of nitrogen functional groups attached to an aromatic ring is 1. The molecular formula is C13H21FN2. The van der Waals surface area contributed by atoms with Crippen molar-refractivity contribution in [3.63, 3.8) is 0 Å². The molecule has 0 saturated carbocycles. The second-order valence-corrected chi connectivity index (χ2v) is 4.56. The Morgan fingerprint density at radius 1 is 1.31 bits per heavy atom. The van der Waals surface area contributed by atoms with Gasteiger partial charge in [0.05, 0.1) is 5.69 Å². The van der Waals surface area contributed by atoms with Crippen molar-refractivity contribution in [1.29, 1.82) is 0 Å². The number of nitrogens with two attached hydrogens (primary N) is 1. The van der Waals surface area contributed by atoms with Crippen molar-refractivity contribution < 1.29 is 4.39 Å². The maximum absolute atomic E-state index is 13.3. The van der Waals surface area contributed by atoms with Gasteiger partial charge in [-0.25, -0.2) is 4.39 Å². The molecule has 0 saturated heterocycles. The van der Waals surface area contributed by atoms with E-state index in [4.69, 9.17) is 5.73 Å². The lowest BCUT2D eigenvalue weighted by Crippen LogP contribution is -2.04. The van der Waals surface area contributed by atoms with Gasteiger partial charge in [-0.3, -0.25) is 0 Å². The Labute approximate surface area is 97.0 Å². The molecule has 16 heavy (non-hydrogen) atoms. The number of hydrogen-bond acceptors (Lipinski definition) is 2. The minimum absolute atomic E-state index is 0.274. The Kier molecular flexibility index (Phi) is 5.09. The molecular weight excluding hydrogens is 203 g/mol. The number of halogens is 1. The Morgan fingerprint density at radius 3 is 2.69 bits per heavy atom. The molecule has 0 aromatic heterocycles. The van der Waals surface area contributed by atoms with E-state index in [0.29, 0.717) is 11.4 Å². The molecule has 0 fully saturated rings. The second kappa shape index (κ2) is 6.36. The largest absolute Gasteiger partial charge is 0.399 e. The fourth-order valence-corrected chi connectivity index (χ4v) is 1.58. The number of benzene rings is 1. The van der Waals surface area contributed by atoms with Crippen molar-refractivity contribution in [2.75, 3.05) is 17.6 Å². The smallest absolute Gasteiger partial charge is 0.148 e. The van der Waals surface area contributed by atoms with Gasteiger partial charge in [-0.1, -0.05) is 26.7 Å². The average Bonchev–Trinajstić information content (AvgIpc) is 2.20. The first-order valence-electron chi connectivity index (χ1n) is 5.88. The topological polar surface area (TPSA) is 38.0 Å². The molecule has 0 aliphatic carbocycles. The summed E-state index contributed by atoms with van der Waals surface area (Å²) in [6.07, 6.45) is 3.48. The third kappa shape index (κ3) is 4.51. The summed E-state index contributed by atoms with van der Waals surface area (Å²) in [5.74, 6) is 0.470. The van der Waals surface area contributed by atoms with Crippen molar-refractivity contribution in [1.82, 2.24) is 0 Å². The zero-order chi connectivity index (χ0) is 12.0. The van der Waals surface area contributed by atoms with E-state index in [-0.39, 0.29) is 5.82 Å². The van der Waals surface area contributed by atoms with Gasteiger partial charge in [0.25, 0.3) is 0 Å². The molecule has 3 heteroatoms. The molecule has 0 atom stereocenters. The predicted molar refractivity (Wildman–Crippen MR) is 68.0 cm³/mol. The third-order valence-corrected chi connectivity index (χ3v) is 2.52. The van der Waals surface area contributed by atoms with Gasteiger partial charge in [0, 0.05) is 12.2 Å². The molecule has 1 rings (SSSR count). The van der Waals surface area contributed by atoms with Crippen molar-refractivity contribution >= 4 is 11.4 Å². The Bertz CT molecular complexity index is 324. The van der Waals surface area contributed by atoms with E-state index in [9.17, 15) is 4.39 Å². The molecule has 0 unspecified atom stereocenters. The molecule has 0 radical (unpaired) electrons. The van der Waals surface area contributed by atoms with Crippen LogP contribution in [0.1, 0.15) is 33.1 Å².